The molecular formula is C54H66N4O10. The number of ether oxygens (including phenoxy) is 4. The Hall–Kier alpha value is -5.50. The molecular weight excluding hydrogens is 865 g/mol. The Labute approximate surface area is 400 Å². The molecule has 2 aromatic carbocycles. The van der Waals surface area contributed by atoms with Crippen LogP contribution < -0.4 is 19.3 Å². The monoisotopic (exact) mass is 930 g/mol. The Kier molecular flexibility index (Phi) is 12.8. The molecule has 0 unspecified atom stereocenters. The summed E-state index contributed by atoms with van der Waals surface area (Å²) >= 11 is 0. The smallest absolute Gasteiger partial charge is 0.303 e. The van der Waals surface area contributed by atoms with Gasteiger partial charge in [0.1, 0.15) is 29.8 Å². The first-order chi connectivity index (χ1) is 32.5. The molecule has 0 bridgehead atoms. The van der Waals surface area contributed by atoms with Crippen molar-refractivity contribution in [1.29, 1.82) is 0 Å². The number of aliphatic hydroxyl groups is 4. The van der Waals surface area contributed by atoms with Gasteiger partial charge in [0, 0.05) is 98.3 Å². The molecule has 8 aliphatic rings. The number of aliphatic hydroxyl groups excluding tert-OH is 2. The maximum atomic E-state index is 12.6. The SMILES string of the molecule is C#CC#CC#C.CC[C@]12C=CCN3CC[C@@]4(c5ccc(OC)cc5N(C)[C@H]4[C@@](O)(CO)[C@@H]1O)[C@@H]32.CC[C@]12C=CCN3CC[C@@]4(c5ccc(OC)cc5N(C)[C@H]4[C@@](O)(COC(C)=O)[C@@H]1OC(C)=O)[C@@H]32. The van der Waals surface area contributed by atoms with Gasteiger partial charge >= 0.3 is 11.9 Å². The summed E-state index contributed by atoms with van der Waals surface area (Å²) in [5.41, 5.74) is -0.935. The van der Waals surface area contributed by atoms with Crippen LogP contribution in [0.25, 0.3) is 0 Å². The van der Waals surface area contributed by atoms with Crippen molar-refractivity contribution in [3.8, 4) is 48.0 Å². The first-order valence-electron chi connectivity index (χ1n) is 23.6. The lowest BCUT2D eigenvalue weighted by atomic mass is 9.48. The van der Waals surface area contributed by atoms with E-state index in [-0.39, 0.29) is 24.1 Å². The van der Waals surface area contributed by atoms with E-state index in [0.717, 1.165) is 67.5 Å². The van der Waals surface area contributed by atoms with Crippen molar-refractivity contribution in [2.24, 2.45) is 10.8 Å². The van der Waals surface area contributed by atoms with Crippen molar-refractivity contribution in [1.82, 2.24) is 9.80 Å². The van der Waals surface area contributed by atoms with Crippen LogP contribution in [0, 0.1) is 47.4 Å². The highest BCUT2D eigenvalue weighted by atomic mass is 16.6. The highest BCUT2D eigenvalue weighted by Crippen LogP contribution is 2.68. The zero-order valence-corrected chi connectivity index (χ0v) is 40.5. The number of carbonyl (C=O) groups excluding carboxylic acids is 2. The molecule has 4 N–H and O–H groups in total. The van der Waals surface area contributed by atoms with E-state index in [2.05, 4.69) is 93.6 Å². The number of benzene rings is 2. The van der Waals surface area contributed by atoms with Gasteiger partial charge in [-0.15, -0.1) is 12.8 Å². The molecule has 68 heavy (non-hydrogen) atoms. The Bertz CT molecular complexity index is 2520. The summed E-state index contributed by atoms with van der Waals surface area (Å²) in [5.74, 6) is 9.17. The minimum atomic E-state index is -1.64. The highest BCUT2D eigenvalue weighted by Gasteiger charge is 2.79. The number of hydrogen-bond donors (Lipinski definition) is 4. The highest BCUT2D eigenvalue weighted by molar-refractivity contribution is 5.73. The second kappa shape index (κ2) is 17.8. The standard InChI is InChI=1S/C26H34N2O6.C22H30N2O4.C6H2/c1-6-24-10-7-12-28-13-11-25(21(24)28)19-9-8-18(32-5)14-20(19)27(4)22(25)26(31,15-33-16(2)29)23(24)34-17(3)30;1-4-20-8-5-10-24-11-9-21(17(20)24)15-7-6-14(28-3)12-16(15)23(2)18(21)22(27,13-25)19(20)26;1-3-5-6-4-2/h7-10,14,21-23,31H,6,11-13,15H2,1-5H3;5-8,12,17-19,25-27H,4,9-11,13H2,1-3H3;1-2H/t21-,22+,23+,24+,25+,26-;17-,18+,19+,20+,21+,22-;/m00./s1. The number of esters is 2. The van der Waals surface area contributed by atoms with Crippen molar-refractivity contribution in [3.05, 3.63) is 71.8 Å². The lowest BCUT2D eigenvalue weighted by molar-refractivity contribution is -0.232. The van der Waals surface area contributed by atoms with E-state index in [4.69, 9.17) is 31.8 Å². The van der Waals surface area contributed by atoms with Gasteiger partial charge in [-0.05, 0) is 85.7 Å². The summed E-state index contributed by atoms with van der Waals surface area (Å²) in [4.78, 5) is 33.4. The summed E-state index contributed by atoms with van der Waals surface area (Å²) in [6.07, 6.45) is 19.1. The Balaban J connectivity index is 0.000000167. The van der Waals surface area contributed by atoms with Crippen LogP contribution in [0.15, 0.2) is 60.7 Å². The molecule has 2 spiro atoms. The summed E-state index contributed by atoms with van der Waals surface area (Å²) in [5, 5.41) is 46.4. The number of hydrogen-bond acceptors (Lipinski definition) is 14. The summed E-state index contributed by atoms with van der Waals surface area (Å²) < 4.78 is 22.5. The average Bonchev–Trinajstić information content (AvgIpc) is 4.07. The topological polar surface area (TPSA) is 165 Å². The van der Waals surface area contributed by atoms with E-state index in [9.17, 15) is 30.0 Å². The fourth-order valence-electron chi connectivity index (χ4n) is 15.2. The number of methoxy groups -OCH3 is 2. The number of anilines is 2. The zero-order valence-electron chi connectivity index (χ0n) is 40.5. The molecule has 6 heterocycles. The predicted molar refractivity (Wildman–Crippen MR) is 258 cm³/mol. The molecule has 10 rings (SSSR count). The molecule has 0 radical (unpaired) electrons. The van der Waals surface area contributed by atoms with Crippen LogP contribution in [-0.2, 0) is 29.9 Å². The third-order valence-corrected chi connectivity index (χ3v) is 17.2. The molecule has 2 aromatic rings. The van der Waals surface area contributed by atoms with Crippen LogP contribution in [0.1, 0.15) is 64.5 Å². The molecule has 0 aromatic heterocycles. The van der Waals surface area contributed by atoms with Gasteiger partial charge in [0.2, 0.25) is 0 Å². The van der Waals surface area contributed by atoms with Gasteiger partial charge in [-0.2, -0.15) is 0 Å². The van der Waals surface area contributed by atoms with Crippen molar-refractivity contribution in [2.75, 3.05) is 77.5 Å². The second-order valence-corrected chi connectivity index (χ2v) is 19.8. The van der Waals surface area contributed by atoms with Gasteiger partial charge in [-0.3, -0.25) is 19.4 Å². The van der Waals surface area contributed by atoms with Gasteiger partial charge in [0.15, 0.2) is 5.60 Å². The van der Waals surface area contributed by atoms with Crippen molar-refractivity contribution in [3.63, 3.8) is 0 Å². The quantitative estimate of drug-likeness (QED) is 0.174. The molecule has 0 amide bonds. The zero-order chi connectivity index (χ0) is 49.2. The maximum Gasteiger partial charge on any atom is 0.303 e. The lowest BCUT2D eigenvalue weighted by Crippen LogP contribution is -2.80. The number of rotatable bonds is 8. The Morgan fingerprint density at radius 2 is 1.21 bits per heavy atom. The molecule has 14 heteroatoms. The number of carbonyl (C=O) groups is 2. The second-order valence-electron chi connectivity index (χ2n) is 19.8. The Morgan fingerprint density at radius 3 is 1.63 bits per heavy atom. The summed E-state index contributed by atoms with van der Waals surface area (Å²) in [7, 11) is 7.22. The van der Waals surface area contributed by atoms with E-state index in [1.54, 1.807) is 14.2 Å². The molecule has 12 atom stereocenters. The van der Waals surface area contributed by atoms with Crippen molar-refractivity contribution in [2.45, 2.75) is 112 Å². The molecule has 2 saturated carbocycles. The number of fused-ring (bicyclic) bond motifs is 2. The maximum absolute atomic E-state index is 12.6. The summed E-state index contributed by atoms with van der Waals surface area (Å²) in [6.45, 7) is 9.58. The van der Waals surface area contributed by atoms with E-state index in [1.165, 1.54) is 19.4 Å². The van der Waals surface area contributed by atoms with Gasteiger partial charge in [0.05, 0.1) is 39.0 Å². The predicted octanol–water partition coefficient (Wildman–Crippen LogP) is 3.18. The molecule has 14 nitrogen and oxygen atoms in total. The van der Waals surface area contributed by atoms with Gasteiger partial charge < -0.3 is 49.2 Å². The minimum Gasteiger partial charge on any atom is -0.497 e. The van der Waals surface area contributed by atoms with E-state index in [1.807, 2.05) is 38.4 Å². The normalized spacial score (nSPS) is 37.0. The fraction of sp³-hybridized carbons (Fsp3) is 0.556. The molecule has 6 aliphatic heterocycles. The third kappa shape index (κ3) is 6.57. The van der Waals surface area contributed by atoms with E-state index in [0.29, 0.717) is 12.8 Å². The average molecular weight is 931 g/mol. The third-order valence-electron chi connectivity index (χ3n) is 17.2. The molecule has 4 fully saturated rings. The lowest BCUT2D eigenvalue weighted by Gasteiger charge is -2.64. The first-order valence-corrected chi connectivity index (χ1v) is 23.6. The molecule has 2 saturated heterocycles. The van der Waals surface area contributed by atoms with Crippen LogP contribution in [-0.4, -0.2) is 157 Å². The van der Waals surface area contributed by atoms with Crippen LogP contribution in [0.4, 0.5) is 11.4 Å². The van der Waals surface area contributed by atoms with Crippen molar-refractivity contribution >= 4 is 23.3 Å². The van der Waals surface area contributed by atoms with Crippen molar-refractivity contribution < 1.29 is 49.0 Å². The van der Waals surface area contributed by atoms with Crippen LogP contribution >= 0.6 is 0 Å². The first kappa shape index (κ1) is 48.9. The molecule has 2 aliphatic carbocycles. The Morgan fingerprint density at radius 1 is 0.735 bits per heavy atom. The van der Waals surface area contributed by atoms with Gasteiger partial charge in [0.25, 0.3) is 0 Å². The number of nitrogens with zero attached hydrogens (tertiary/aromatic N) is 4. The minimum absolute atomic E-state index is 0.0130. The van der Waals surface area contributed by atoms with Crippen LogP contribution in [0.3, 0.4) is 0 Å². The van der Waals surface area contributed by atoms with Crippen LogP contribution in [0.5, 0.6) is 11.5 Å². The van der Waals surface area contributed by atoms with E-state index >= 15 is 0 Å². The summed E-state index contributed by atoms with van der Waals surface area (Å²) in [6, 6.07) is 11.5. The number of terminal acetylenes is 2. The van der Waals surface area contributed by atoms with Crippen LogP contribution in [0.2, 0.25) is 0 Å². The largest absolute Gasteiger partial charge is 0.497 e. The van der Waals surface area contributed by atoms with Gasteiger partial charge in [-0.1, -0.05) is 50.3 Å². The number of likely N-dealkylation sites (N-methyl/N-ethyl adjacent to an activating group) is 2. The van der Waals surface area contributed by atoms with E-state index < -0.39 is 70.3 Å². The fourth-order valence-corrected chi connectivity index (χ4v) is 15.2. The molecule has 362 valence electrons. The van der Waals surface area contributed by atoms with Gasteiger partial charge in [-0.25, -0.2) is 0 Å².